The van der Waals surface area contributed by atoms with E-state index in [2.05, 4.69) is 158 Å². The molecule has 0 fully saturated rings. The Morgan fingerprint density at radius 3 is 1.61 bits per heavy atom. The van der Waals surface area contributed by atoms with Crippen LogP contribution in [0.25, 0.3) is 33.0 Å². The maximum Gasteiger partial charge on any atom is 0.0546 e. The highest BCUT2D eigenvalue weighted by atomic mass is 15.1. The van der Waals surface area contributed by atoms with Crippen LogP contribution in [0.3, 0.4) is 0 Å². The van der Waals surface area contributed by atoms with Crippen LogP contribution < -0.4 is 4.90 Å². The minimum atomic E-state index is -0.101. The van der Waals surface area contributed by atoms with Gasteiger partial charge in [0.15, 0.2) is 0 Å². The van der Waals surface area contributed by atoms with E-state index in [0.29, 0.717) is 0 Å². The number of rotatable bonds is 4. The number of anilines is 3. The normalized spacial score (nSPS) is 13.2. The first-order chi connectivity index (χ1) is 18.6. The second-order valence-electron chi connectivity index (χ2n) is 10.6. The van der Waals surface area contributed by atoms with Gasteiger partial charge in [0.25, 0.3) is 0 Å². The number of fused-ring (bicyclic) bond motifs is 4. The average molecular weight is 488 g/mol. The zero-order valence-corrected chi connectivity index (χ0v) is 21.7. The van der Waals surface area contributed by atoms with E-state index in [1.54, 1.807) is 0 Å². The molecule has 7 rings (SSSR count). The first-order valence-corrected chi connectivity index (χ1v) is 13.3. The van der Waals surface area contributed by atoms with E-state index >= 15 is 0 Å². The van der Waals surface area contributed by atoms with Gasteiger partial charge in [-0.1, -0.05) is 117 Å². The van der Waals surface area contributed by atoms with E-state index in [1.807, 2.05) is 0 Å². The molecule has 0 unspecified atom stereocenters. The van der Waals surface area contributed by atoms with Crippen molar-refractivity contribution in [3.8, 4) is 22.3 Å². The molecule has 0 heterocycles. The lowest BCUT2D eigenvalue weighted by Crippen LogP contribution is -2.17. The Morgan fingerprint density at radius 1 is 0.447 bits per heavy atom. The van der Waals surface area contributed by atoms with E-state index in [9.17, 15) is 0 Å². The van der Waals surface area contributed by atoms with Crippen molar-refractivity contribution < 1.29 is 0 Å². The molecule has 0 atom stereocenters. The lowest BCUT2D eigenvalue weighted by molar-refractivity contribution is 0.662. The molecule has 1 nitrogen and oxygen atoms in total. The van der Waals surface area contributed by atoms with E-state index in [4.69, 9.17) is 0 Å². The predicted octanol–water partition coefficient (Wildman–Crippen LogP) is 10.3. The summed E-state index contributed by atoms with van der Waals surface area (Å²) in [5, 5.41) is 2.48. The summed E-state index contributed by atoms with van der Waals surface area (Å²) in [4.78, 5) is 2.40. The molecule has 0 saturated heterocycles. The summed E-state index contributed by atoms with van der Waals surface area (Å²) in [6.45, 7) is 4.74. The van der Waals surface area contributed by atoms with Crippen LogP contribution in [-0.4, -0.2) is 0 Å². The van der Waals surface area contributed by atoms with E-state index in [1.165, 1.54) is 49.8 Å². The molecule has 1 aliphatic carbocycles. The van der Waals surface area contributed by atoms with Crippen LogP contribution >= 0.6 is 0 Å². The van der Waals surface area contributed by atoms with Crippen molar-refractivity contribution in [2.75, 3.05) is 4.90 Å². The van der Waals surface area contributed by atoms with Gasteiger partial charge in [-0.3, -0.25) is 0 Å². The van der Waals surface area contributed by atoms with Crippen molar-refractivity contribution in [3.05, 3.63) is 151 Å². The summed E-state index contributed by atoms with van der Waals surface area (Å²) < 4.78 is 0. The molecule has 0 bridgehead atoms. The van der Waals surface area contributed by atoms with Crippen molar-refractivity contribution in [3.63, 3.8) is 0 Å². The van der Waals surface area contributed by atoms with E-state index in [-0.39, 0.29) is 5.41 Å². The van der Waals surface area contributed by atoms with E-state index in [0.717, 1.165) is 11.4 Å². The molecule has 0 amide bonds. The van der Waals surface area contributed by atoms with Gasteiger partial charge in [-0.15, -0.1) is 0 Å². The van der Waals surface area contributed by atoms with Crippen molar-refractivity contribution in [1.29, 1.82) is 0 Å². The summed E-state index contributed by atoms with van der Waals surface area (Å²) in [5.74, 6) is 0. The Labute approximate surface area is 224 Å². The fourth-order valence-corrected chi connectivity index (χ4v) is 6.28. The smallest absolute Gasteiger partial charge is 0.0546 e. The zero-order valence-electron chi connectivity index (χ0n) is 21.7. The minimum Gasteiger partial charge on any atom is -0.310 e. The Kier molecular flexibility index (Phi) is 5.19. The maximum absolute atomic E-state index is 2.40. The summed E-state index contributed by atoms with van der Waals surface area (Å²) in [6.07, 6.45) is 0. The van der Waals surface area contributed by atoms with Crippen LogP contribution in [0.5, 0.6) is 0 Å². The van der Waals surface area contributed by atoms with Crippen molar-refractivity contribution in [2.24, 2.45) is 0 Å². The van der Waals surface area contributed by atoms with Gasteiger partial charge in [0.05, 0.1) is 5.69 Å². The minimum absolute atomic E-state index is 0.101. The third kappa shape index (κ3) is 3.47. The van der Waals surface area contributed by atoms with Gasteiger partial charge < -0.3 is 4.90 Å². The molecule has 182 valence electrons. The maximum atomic E-state index is 2.40. The van der Waals surface area contributed by atoms with Crippen LogP contribution in [0.4, 0.5) is 17.1 Å². The lowest BCUT2D eigenvalue weighted by Gasteiger charge is -2.30. The monoisotopic (exact) mass is 487 g/mol. The van der Waals surface area contributed by atoms with Crippen molar-refractivity contribution in [2.45, 2.75) is 19.3 Å². The van der Waals surface area contributed by atoms with Gasteiger partial charge in [0.1, 0.15) is 0 Å². The fourth-order valence-electron chi connectivity index (χ4n) is 6.28. The number of hydrogen-bond donors (Lipinski definition) is 0. The van der Waals surface area contributed by atoms with Gasteiger partial charge in [0.2, 0.25) is 0 Å². The lowest BCUT2D eigenvalue weighted by atomic mass is 9.78. The average Bonchev–Trinajstić information content (AvgIpc) is 3.21. The van der Waals surface area contributed by atoms with Gasteiger partial charge in [-0.2, -0.15) is 0 Å². The van der Waals surface area contributed by atoms with E-state index < -0.39 is 0 Å². The highest BCUT2D eigenvalue weighted by Crippen LogP contribution is 2.54. The molecule has 38 heavy (non-hydrogen) atoms. The summed E-state index contributed by atoms with van der Waals surface area (Å²) >= 11 is 0. The van der Waals surface area contributed by atoms with Gasteiger partial charge in [-0.25, -0.2) is 0 Å². The molecule has 1 heteroatoms. The third-order valence-electron chi connectivity index (χ3n) is 8.00. The van der Waals surface area contributed by atoms with Crippen molar-refractivity contribution >= 4 is 27.8 Å². The Balaban J connectivity index is 1.57. The number of para-hydroxylation sites is 2. The highest BCUT2D eigenvalue weighted by molar-refractivity contribution is 6.01. The zero-order chi connectivity index (χ0) is 25.7. The standard InChI is InChI=1S/C37H29N/c1-37(2)34-23-12-11-20-30(34)31-21-13-22-32(36(31)37)33-24-26-14-9-10-15-27(26)25-35(33)38(28-16-5-3-6-17-28)29-18-7-4-8-19-29/h3-25H,1-2H3. The Bertz CT molecular complexity index is 1740. The molecular weight excluding hydrogens is 458 g/mol. The molecule has 0 aromatic heterocycles. The molecule has 0 radical (unpaired) electrons. The molecule has 6 aromatic carbocycles. The number of benzene rings is 6. The second kappa shape index (κ2) is 8.75. The van der Waals surface area contributed by atoms with Gasteiger partial charge >= 0.3 is 0 Å². The predicted molar refractivity (Wildman–Crippen MR) is 162 cm³/mol. The van der Waals surface area contributed by atoms with Gasteiger partial charge in [0, 0.05) is 22.4 Å². The van der Waals surface area contributed by atoms with Crippen molar-refractivity contribution in [1.82, 2.24) is 0 Å². The van der Waals surface area contributed by atoms with Crippen LogP contribution in [0.2, 0.25) is 0 Å². The molecular formula is C37H29N. The largest absolute Gasteiger partial charge is 0.310 e. The number of hydrogen-bond acceptors (Lipinski definition) is 1. The molecule has 1 aliphatic rings. The molecule has 0 saturated carbocycles. The third-order valence-corrected chi connectivity index (χ3v) is 8.00. The van der Waals surface area contributed by atoms with Gasteiger partial charge in [-0.05, 0) is 75.0 Å². The topological polar surface area (TPSA) is 3.24 Å². The van der Waals surface area contributed by atoms with Crippen LogP contribution in [-0.2, 0) is 5.41 Å². The fraction of sp³-hybridized carbons (Fsp3) is 0.0811. The molecule has 0 N–H and O–H groups in total. The Morgan fingerprint density at radius 2 is 0.947 bits per heavy atom. The first-order valence-electron chi connectivity index (χ1n) is 13.3. The van der Waals surface area contributed by atoms with Crippen LogP contribution in [0.1, 0.15) is 25.0 Å². The quantitative estimate of drug-likeness (QED) is 0.239. The highest BCUT2D eigenvalue weighted by Gasteiger charge is 2.37. The summed E-state index contributed by atoms with van der Waals surface area (Å²) in [5.41, 5.74) is 11.4. The SMILES string of the molecule is CC1(C)c2ccccc2-c2cccc(-c3cc4ccccc4cc3N(c3ccccc3)c3ccccc3)c21. The summed E-state index contributed by atoms with van der Waals surface area (Å²) in [6, 6.07) is 50.6. The molecule has 0 aliphatic heterocycles. The second-order valence-corrected chi connectivity index (χ2v) is 10.6. The number of nitrogens with zero attached hydrogens (tertiary/aromatic N) is 1. The molecule has 0 spiro atoms. The summed E-state index contributed by atoms with van der Waals surface area (Å²) in [7, 11) is 0. The Hall–Kier alpha value is -4.62. The molecule has 6 aromatic rings. The van der Waals surface area contributed by atoms with Crippen LogP contribution in [0.15, 0.2) is 140 Å². The van der Waals surface area contributed by atoms with Crippen LogP contribution in [0, 0.1) is 0 Å². The first kappa shape index (κ1) is 22.6.